The summed E-state index contributed by atoms with van der Waals surface area (Å²) in [5, 5.41) is 21.6. The van der Waals surface area contributed by atoms with E-state index in [1.807, 2.05) is 11.6 Å². The summed E-state index contributed by atoms with van der Waals surface area (Å²) in [5.41, 5.74) is 0. The molecule has 0 saturated heterocycles. The van der Waals surface area contributed by atoms with Crippen molar-refractivity contribution in [3.8, 4) is 0 Å². The number of aryl methyl sites for hydroxylation is 2. The van der Waals surface area contributed by atoms with Gasteiger partial charge in [-0.1, -0.05) is 19.3 Å². The Balaban J connectivity index is 1.54. The van der Waals surface area contributed by atoms with Gasteiger partial charge in [0, 0.05) is 20.1 Å². The lowest BCUT2D eigenvalue weighted by atomic mass is 9.85. The normalized spacial score (nSPS) is 23.6. The second-order valence-corrected chi connectivity index (χ2v) is 7.00. The first-order valence-corrected chi connectivity index (χ1v) is 9.24. The SMILES string of the molecule is CN=C(NCC(O)C1CCCCC1)NC1CCCn2nc(C)nc21. The van der Waals surface area contributed by atoms with Gasteiger partial charge in [-0.25, -0.2) is 9.67 Å². The van der Waals surface area contributed by atoms with Crippen LogP contribution in [0.15, 0.2) is 4.99 Å². The lowest BCUT2D eigenvalue weighted by Crippen LogP contribution is -2.45. The van der Waals surface area contributed by atoms with Crippen molar-refractivity contribution >= 4 is 5.96 Å². The molecule has 1 fully saturated rings. The summed E-state index contributed by atoms with van der Waals surface area (Å²) in [6.45, 7) is 3.40. The summed E-state index contributed by atoms with van der Waals surface area (Å²) in [7, 11) is 1.77. The summed E-state index contributed by atoms with van der Waals surface area (Å²) in [4.78, 5) is 8.85. The van der Waals surface area contributed by atoms with E-state index in [4.69, 9.17) is 0 Å². The van der Waals surface area contributed by atoms with Crippen LogP contribution in [-0.4, -0.2) is 45.5 Å². The van der Waals surface area contributed by atoms with Gasteiger partial charge in [0.25, 0.3) is 0 Å². The van der Waals surface area contributed by atoms with Crippen molar-refractivity contribution in [1.29, 1.82) is 0 Å². The molecule has 0 bridgehead atoms. The molecule has 1 aliphatic carbocycles. The van der Waals surface area contributed by atoms with Gasteiger partial charge >= 0.3 is 0 Å². The highest BCUT2D eigenvalue weighted by Crippen LogP contribution is 2.26. The van der Waals surface area contributed by atoms with Gasteiger partial charge < -0.3 is 15.7 Å². The number of aliphatic hydroxyl groups excluding tert-OH is 1. The van der Waals surface area contributed by atoms with E-state index in [9.17, 15) is 5.11 Å². The lowest BCUT2D eigenvalue weighted by molar-refractivity contribution is 0.0879. The van der Waals surface area contributed by atoms with E-state index in [-0.39, 0.29) is 12.1 Å². The Morgan fingerprint density at radius 1 is 1.29 bits per heavy atom. The summed E-state index contributed by atoms with van der Waals surface area (Å²) in [5.74, 6) is 2.94. The van der Waals surface area contributed by atoms with Gasteiger partial charge in [-0.05, 0) is 38.5 Å². The zero-order valence-corrected chi connectivity index (χ0v) is 14.8. The number of nitrogens with one attached hydrogen (secondary N) is 2. The van der Waals surface area contributed by atoms with E-state index in [2.05, 4.69) is 25.7 Å². The van der Waals surface area contributed by atoms with E-state index in [1.165, 1.54) is 19.3 Å². The number of hydrogen-bond donors (Lipinski definition) is 3. The van der Waals surface area contributed by atoms with E-state index in [0.717, 1.165) is 49.8 Å². The van der Waals surface area contributed by atoms with Crippen molar-refractivity contribution in [2.45, 2.75) is 70.6 Å². The number of fused-ring (bicyclic) bond motifs is 1. The van der Waals surface area contributed by atoms with Crippen molar-refractivity contribution < 1.29 is 5.11 Å². The number of rotatable bonds is 4. The minimum atomic E-state index is -0.305. The maximum absolute atomic E-state index is 10.4. The minimum absolute atomic E-state index is 0.123. The third kappa shape index (κ3) is 4.06. The number of aliphatic imine (C=N–C) groups is 1. The average Bonchev–Trinajstić information content (AvgIpc) is 3.00. The fraction of sp³-hybridized carbons (Fsp3) is 0.824. The molecule has 134 valence electrons. The minimum Gasteiger partial charge on any atom is -0.391 e. The Bertz CT molecular complexity index is 563. The first kappa shape index (κ1) is 17.2. The highest BCUT2D eigenvalue weighted by Gasteiger charge is 2.25. The molecule has 7 nitrogen and oxygen atoms in total. The Labute approximate surface area is 144 Å². The Morgan fingerprint density at radius 3 is 2.83 bits per heavy atom. The number of nitrogens with zero attached hydrogens (tertiary/aromatic N) is 4. The van der Waals surface area contributed by atoms with Crippen LogP contribution >= 0.6 is 0 Å². The molecule has 0 spiro atoms. The molecule has 2 atom stereocenters. The molecule has 2 aliphatic rings. The molecule has 1 saturated carbocycles. The highest BCUT2D eigenvalue weighted by atomic mass is 16.3. The van der Waals surface area contributed by atoms with Gasteiger partial charge in [-0.15, -0.1) is 0 Å². The van der Waals surface area contributed by atoms with Crippen LogP contribution in [-0.2, 0) is 6.54 Å². The van der Waals surface area contributed by atoms with Gasteiger partial charge in [0.2, 0.25) is 0 Å². The molecule has 0 aromatic carbocycles. The van der Waals surface area contributed by atoms with Crippen LogP contribution in [0.1, 0.15) is 62.6 Å². The molecule has 24 heavy (non-hydrogen) atoms. The highest BCUT2D eigenvalue weighted by molar-refractivity contribution is 5.80. The average molecular weight is 334 g/mol. The van der Waals surface area contributed by atoms with Crippen LogP contribution in [0.25, 0.3) is 0 Å². The summed E-state index contributed by atoms with van der Waals surface area (Å²) in [6.07, 6.45) is 7.86. The monoisotopic (exact) mass is 334 g/mol. The first-order valence-electron chi connectivity index (χ1n) is 9.24. The van der Waals surface area contributed by atoms with E-state index in [0.29, 0.717) is 12.5 Å². The Morgan fingerprint density at radius 2 is 2.08 bits per heavy atom. The van der Waals surface area contributed by atoms with Gasteiger partial charge in [0.15, 0.2) is 5.96 Å². The van der Waals surface area contributed by atoms with Crippen molar-refractivity contribution in [3.63, 3.8) is 0 Å². The maximum Gasteiger partial charge on any atom is 0.191 e. The summed E-state index contributed by atoms with van der Waals surface area (Å²) in [6, 6.07) is 0.123. The maximum atomic E-state index is 10.4. The second-order valence-electron chi connectivity index (χ2n) is 7.00. The zero-order valence-electron chi connectivity index (χ0n) is 14.8. The lowest BCUT2D eigenvalue weighted by Gasteiger charge is -2.28. The molecule has 0 radical (unpaired) electrons. The molecule has 1 aliphatic heterocycles. The topological polar surface area (TPSA) is 87.4 Å². The quantitative estimate of drug-likeness (QED) is 0.574. The zero-order chi connectivity index (χ0) is 16.9. The predicted molar refractivity (Wildman–Crippen MR) is 93.8 cm³/mol. The van der Waals surface area contributed by atoms with Crippen LogP contribution in [0.4, 0.5) is 0 Å². The summed E-state index contributed by atoms with van der Waals surface area (Å²) >= 11 is 0. The molecule has 1 aromatic rings. The number of hydrogen-bond acceptors (Lipinski definition) is 4. The number of guanidine groups is 1. The number of aliphatic hydroxyl groups is 1. The van der Waals surface area contributed by atoms with E-state index < -0.39 is 0 Å². The van der Waals surface area contributed by atoms with E-state index in [1.54, 1.807) is 7.05 Å². The van der Waals surface area contributed by atoms with Gasteiger partial charge in [0.05, 0.1) is 12.1 Å². The van der Waals surface area contributed by atoms with Gasteiger partial charge in [0.1, 0.15) is 11.6 Å². The van der Waals surface area contributed by atoms with Crippen LogP contribution in [0, 0.1) is 12.8 Å². The second kappa shape index (κ2) is 7.96. The fourth-order valence-electron chi connectivity index (χ4n) is 3.85. The molecule has 0 amide bonds. The van der Waals surface area contributed by atoms with E-state index >= 15 is 0 Å². The van der Waals surface area contributed by atoms with Crippen LogP contribution in [0.3, 0.4) is 0 Å². The molecule has 2 heterocycles. The largest absolute Gasteiger partial charge is 0.391 e. The van der Waals surface area contributed by atoms with Gasteiger partial charge in [-0.2, -0.15) is 5.10 Å². The van der Waals surface area contributed by atoms with Crippen molar-refractivity contribution in [2.24, 2.45) is 10.9 Å². The van der Waals surface area contributed by atoms with Gasteiger partial charge in [-0.3, -0.25) is 4.99 Å². The molecule has 3 N–H and O–H groups in total. The molecular weight excluding hydrogens is 304 g/mol. The Hall–Kier alpha value is -1.63. The van der Waals surface area contributed by atoms with Crippen LogP contribution in [0.2, 0.25) is 0 Å². The Kier molecular flexibility index (Phi) is 5.71. The summed E-state index contributed by atoms with van der Waals surface area (Å²) < 4.78 is 1.99. The third-order valence-corrected chi connectivity index (χ3v) is 5.19. The molecule has 1 aromatic heterocycles. The standard InChI is InChI=1S/C17H30N6O/c1-12-20-16-14(9-6-10-23(16)22-12)21-17(18-2)19-11-15(24)13-7-4-3-5-8-13/h13-15,24H,3-11H2,1-2H3,(H2,18,19,21). The molecule has 7 heteroatoms. The molecule has 3 rings (SSSR count). The predicted octanol–water partition coefficient (Wildman–Crippen LogP) is 1.53. The fourth-order valence-corrected chi connectivity index (χ4v) is 3.85. The van der Waals surface area contributed by atoms with Crippen LogP contribution in [0.5, 0.6) is 0 Å². The number of aromatic nitrogens is 3. The molecular formula is C17H30N6O. The van der Waals surface area contributed by atoms with Crippen molar-refractivity contribution in [3.05, 3.63) is 11.6 Å². The first-order chi connectivity index (χ1) is 11.7. The smallest absolute Gasteiger partial charge is 0.191 e. The molecule has 2 unspecified atom stereocenters. The van der Waals surface area contributed by atoms with Crippen LogP contribution < -0.4 is 10.6 Å². The van der Waals surface area contributed by atoms with Crippen molar-refractivity contribution in [2.75, 3.05) is 13.6 Å². The van der Waals surface area contributed by atoms with Crippen molar-refractivity contribution in [1.82, 2.24) is 25.4 Å². The third-order valence-electron chi connectivity index (χ3n) is 5.19.